The predicted molar refractivity (Wildman–Crippen MR) is 59.6 cm³/mol. The van der Waals surface area contributed by atoms with Crippen LogP contribution >= 0.6 is 11.3 Å². The summed E-state index contributed by atoms with van der Waals surface area (Å²) in [6.45, 7) is 7.49. The van der Waals surface area contributed by atoms with Crippen LogP contribution in [-0.4, -0.2) is 30.2 Å². The van der Waals surface area contributed by atoms with Crippen molar-refractivity contribution in [1.29, 1.82) is 0 Å². The number of thiophene rings is 1. The molecule has 0 spiro atoms. The van der Waals surface area contributed by atoms with Gasteiger partial charge in [-0.25, -0.2) is 0 Å². The summed E-state index contributed by atoms with van der Waals surface area (Å²) in [5.74, 6) is 0. The highest BCUT2D eigenvalue weighted by Crippen LogP contribution is 2.16. The summed E-state index contributed by atoms with van der Waals surface area (Å²) in [7, 11) is 0. The summed E-state index contributed by atoms with van der Waals surface area (Å²) in [5.41, 5.74) is 0. The highest BCUT2D eigenvalue weighted by molar-refractivity contribution is 7.09. The molecular weight excluding hydrogens is 194 g/mol. The molecule has 78 valence electrons. The van der Waals surface area contributed by atoms with Crippen LogP contribution in [0.1, 0.15) is 18.7 Å². The molecule has 2 nitrogen and oxygen atoms in total. The van der Waals surface area contributed by atoms with Gasteiger partial charge in [0.1, 0.15) is 0 Å². The molecule has 0 aliphatic carbocycles. The fourth-order valence-electron chi connectivity index (χ4n) is 2.04. The van der Waals surface area contributed by atoms with Crippen molar-refractivity contribution in [3.8, 4) is 0 Å². The first-order valence-electron chi connectivity index (χ1n) is 5.14. The summed E-state index contributed by atoms with van der Waals surface area (Å²) < 4.78 is 5.70. The van der Waals surface area contributed by atoms with Crippen LogP contribution < -0.4 is 0 Å². The van der Waals surface area contributed by atoms with Gasteiger partial charge in [0, 0.05) is 24.5 Å². The molecule has 2 rings (SSSR count). The molecule has 1 aromatic rings. The second-order valence-corrected chi connectivity index (χ2v) is 5.06. The van der Waals surface area contributed by atoms with Crippen LogP contribution in [0.3, 0.4) is 0 Å². The van der Waals surface area contributed by atoms with Gasteiger partial charge in [-0.05, 0) is 25.3 Å². The van der Waals surface area contributed by atoms with Crippen molar-refractivity contribution in [2.24, 2.45) is 0 Å². The van der Waals surface area contributed by atoms with Gasteiger partial charge in [-0.1, -0.05) is 6.07 Å². The van der Waals surface area contributed by atoms with Gasteiger partial charge in [0.15, 0.2) is 0 Å². The molecule has 2 atom stereocenters. The van der Waals surface area contributed by atoms with E-state index >= 15 is 0 Å². The molecule has 2 heterocycles. The van der Waals surface area contributed by atoms with E-state index in [0.717, 1.165) is 19.6 Å². The lowest BCUT2D eigenvalue weighted by atomic mass is 10.2. The Morgan fingerprint density at radius 2 is 2.14 bits per heavy atom. The monoisotopic (exact) mass is 211 g/mol. The minimum absolute atomic E-state index is 0.374. The Morgan fingerprint density at radius 1 is 1.43 bits per heavy atom. The van der Waals surface area contributed by atoms with Crippen molar-refractivity contribution in [3.05, 3.63) is 22.4 Å². The average Bonchev–Trinajstić information content (AvgIpc) is 2.54. The van der Waals surface area contributed by atoms with E-state index in [1.54, 1.807) is 0 Å². The first-order chi connectivity index (χ1) is 6.74. The fraction of sp³-hybridized carbons (Fsp3) is 0.636. The third kappa shape index (κ3) is 2.56. The number of nitrogens with zero attached hydrogens (tertiary/aromatic N) is 1. The first-order valence-corrected chi connectivity index (χ1v) is 6.02. The molecule has 3 heteroatoms. The summed E-state index contributed by atoms with van der Waals surface area (Å²) in [5, 5.41) is 2.14. The number of ether oxygens (including phenoxy) is 1. The predicted octanol–water partition coefficient (Wildman–Crippen LogP) is 2.36. The highest BCUT2D eigenvalue weighted by atomic mass is 32.1. The molecule has 1 aliphatic rings. The quantitative estimate of drug-likeness (QED) is 0.744. The first kappa shape index (κ1) is 10.1. The molecule has 1 saturated heterocycles. The summed E-state index contributed by atoms with van der Waals surface area (Å²) in [6.07, 6.45) is 0.748. The smallest absolute Gasteiger partial charge is 0.0678 e. The van der Waals surface area contributed by atoms with Crippen molar-refractivity contribution in [2.75, 3.05) is 13.1 Å². The Morgan fingerprint density at radius 3 is 2.71 bits per heavy atom. The molecule has 0 aromatic carbocycles. The largest absolute Gasteiger partial charge is 0.373 e. The van der Waals surface area contributed by atoms with Crippen LogP contribution in [0.25, 0.3) is 0 Å². The topological polar surface area (TPSA) is 12.5 Å². The zero-order chi connectivity index (χ0) is 9.97. The SMILES string of the molecule is CC1CN(Cc2cccs2)CC(C)O1. The number of hydrogen-bond donors (Lipinski definition) is 0. The Hall–Kier alpha value is -0.380. The van der Waals surface area contributed by atoms with E-state index in [9.17, 15) is 0 Å². The number of morpholine rings is 1. The van der Waals surface area contributed by atoms with Gasteiger partial charge in [0.2, 0.25) is 0 Å². The molecule has 0 saturated carbocycles. The number of hydrogen-bond acceptors (Lipinski definition) is 3. The van der Waals surface area contributed by atoms with Crippen LogP contribution in [0.5, 0.6) is 0 Å². The van der Waals surface area contributed by atoms with Gasteiger partial charge in [-0.3, -0.25) is 4.90 Å². The van der Waals surface area contributed by atoms with E-state index in [1.165, 1.54) is 4.88 Å². The molecule has 14 heavy (non-hydrogen) atoms. The Labute approximate surface area is 89.5 Å². The van der Waals surface area contributed by atoms with Crippen LogP contribution in [0.15, 0.2) is 17.5 Å². The third-order valence-corrected chi connectivity index (χ3v) is 3.32. The maximum absolute atomic E-state index is 5.70. The lowest BCUT2D eigenvalue weighted by Gasteiger charge is -2.34. The molecular formula is C11H17NOS. The zero-order valence-corrected chi connectivity index (χ0v) is 9.59. The minimum atomic E-state index is 0.374. The summed E-state index contributed by atoms with van der Waals surface area (Å²) in [6, 6.07) is 4.32. The van der Waals surface area contributed by atoms with Gasteiger partial charge >= 0.3 is 0 Å². The van der Waals surface area contributed by atoms with Crippen molar-refractivity contribution < 1.29 is 4.74 Å². The van der Waals surface area contributed by atoms with Crippen molar-refractivity contribution in [3.63, 3.8) is 0 Å². The van der Waals surface area contributed by atoms with Crippen molar-refractivity contribution >= 4 is 11.3 Å². The van der Waals surface area contributed by atoms with Gasteiger partial charge in [0.25, 0.3) is 0 Å². The molecule has 0 N–H and O–H groups in total. The zero-order valence-electron chi connectivity index (χ0n) is 8.77. The molecule has 1 aromatic heterocycles. The van der Waals surface area contributed by atoms with Crippen LogP contribution in [0.4, 0.5) is 0 Å². The van der Waals surface area contributed by atoms with E-state index in [1.807, 2.05) is 11.3 Å². The lowest BCUT2D eigenvalue weighted by Crippen LogP contribution is -2.44. The molecule has 1 aliphatic heterocycles. The van der Waals surface area contributed by atoms with Crippen LogP contribution in [0, 0.1) is 0 Å². The van der Waals surface area contributed by atoms with Gasteiger partial charge in [0.05, 0.1) is 12.2 Å². The number of rotatable bonds is 2. The average molecular weight is 211 g/mol. The standard InChI is InChI=1S/C11H17NOS/c1-9-6-12(7-10(2)13-9)8-11-4-3-5-14-11/h3-5,9-10H,6-8H2,1-2H3. The maximum Gasteiger partial charge on any atom is 0.0678 e. The van der Waals surface area contributed by atoms with E-state index in [4.69, 9.17) is 4.74 Å². The van der Waals surface area contributed by atoms with E-state index in [-0.39, 0.29) is 0 Å². The molecule has 0 bridgehead atoms. The fourth-order valence-corrected chi connectivity index (χ4v) is 2.78. The Bertz CT molecular complexity index is 263. The maximum atomic E-state index is 5.70. The summed E-state index contributed by atoms with van der Waals surface area (Å²) in [4.78, 5) is 3.93. The Balaban J connectivity index is 1.91. The molecule has 0 radical (unpaired) electrons. The van der Waals surface area contributed by atoms with E-state index in [2.05, 4.69) is 36.3 Å². The van der Waals surface area contributed by atoms with Gasteiger partial charge in [-0.2, -0.15) is 0 Å². The van der Waals surface area contributed by atoms with E-state index in [0.29, 0.717) is 12.2 Å². The van der Waals surface area contributed by atoms with Crippen LogP contribution in [-0.2, 0) is 11.3 Å². The highest BCUT2D eigenvalue weighted by Gasteiger charge is 2.21. The summed E-state index contributed by atoms with van der Waals surface area (Å²) >= 11 is 1.84. The molecule has 0 amide bonds. The minimum Gasteiger partial charge on any atom is -0.373 e. The third-order valence-electron chi connectivity index (χ3n) is 2.45. The van der Waals surface area contributed by atoms with Crippen LogP contribution in [0.2, 0.25) is 0 Å². The van der Waals surface area contributed by atoms with Gasteiger partial charge < -0.3 is 4.74 Å². The van der Waals surface area contributed by atoms with E-state index < -0.39 is 0 Å². The van der Waals surface area contributed by atoms with Crippen molar-refractivity contribution in [2.45, 2.75) is 32.6 Å². The molecule has 1 fully saturated rings. The lowest BCUT2D eigenvalue weighted by molar-refractivity contribution is -0.0702. The second kappa shape index (κ2) is 4.43. The molecule has 2 unspecified atom stereocenters. The Kier molecular flexibility index (Phi) is 3.21. The van der Waals surface area contributed by atoms with Crippen molar-refractivity contribution in [1.82, 2.24) is 4.90 Å². The second-order valence-electron chi connectivity index (χ2n) is 4.03. The van der Waals surface area contributed by atoms with Gasteiger partial charge in [-0.15, -0.1) is 11.3 Å². The normalized spacial score (nSPS) is 29.3.